The van der Waals surface area contributed by atoms with Crippen LogP contribution in [0.4, 0.5) is 10.1 Å². The fourth-order valence-corrected chi connectivity index (χ4v) is 4.23. The van der Waals surface area contributed by atoms with E-state index in [0.29, 0.717) is 17.2 Å². The molecule has 1 atom stereocenters. The van der Waals surface area contributed by atoms with Gasteiger partial charge in [0, 0.05) is 17.1 Å². The first kappa shape index (κ1) is 23.3. The number of nitrogens with zero attached hydrogens (tertiary/aromatic N) is 1. The molecule has 34 heavy (non-hydrogen) atoms. The van der Waals surface area contributed by atoms with Crippen molar-refractivity contribution >= 4 is 28.8 Å². The van der Waals surface area contributed by atoms with E-state index in [0.717, 1.165) is 10.4 Å². The maximum atomic E-state index is 13.6. The van der Waals surface area contributed by atoms with E-state index in [4.69, 9.17) is 9.15 Å². The number of methoxy groups -OCH3 is 1. The van der Waals surface area contributed by atoms with Gasteiger partial charge < -0.3 is 14.5 Å². The zero-order chi connectivity index (χ0) is 23.9. The van der Waals surface area contributed by atoms with Crippen molar-refractivity contribution in [1.82, 2.24) is 5.32 Å². The fraction of sp³-hybridized carbons (Fsp3) is 0.154. The molecule has 0 unspecified atom stereocenters. The van der Waals surface area contributed by atoms with Crippen LogP contribution in [0, 0.1) is 5.82 Å². The summed E-state index contributed by atoms with van der Waals surface area (Å²) in [5.41, 5.74) is 1.26. The summed E-state index contributed by atoms with van der Waals surface area (Å²) in [4.78, 5) is 29.2. The Bertz CT molecular complexity index is 1210. The van der Waals surface area contributed by atoms with Crippen molar-refractivity contribution in [3.05, 3.63) is 106 Å². The number of nitrogens with one attached hydrogen (secondary N) is 1. The van der Waals surface area contributed by atoms with Crippen molar-refractivity contribution < 1.29 is 23.1 Å². The van der Waals surface area contributed by atoms with Gasteiger partial charge in [-0.1, -0.05) is 18.2 Å². The minimum absolute atomic E-state index is 0.0952. The summed E-state index contributed by atoms with van der Waals surface area (Å²) >= 11 is 1.45. The monoisotopic (exact) mass is 478 g/mol. The van der Waals surface area contributed by atoms with Gasteiger partial charge in [-0.05, 0) is 65.5 Å². The molecule has 0 aliphatic heterocycles. The lowest BCUT2D eigenvalue weighted by Gasteiger charge is -2.30. The molecule has 2 heterocycles. The van der Waals surface area contributed by atoms with Crippen LogP contribution in [0.5, 0.6) is 5.75 Å². The number of benzene rings is 2. The summed E-state index contributed by atoms with van der Waals surface area (Å²) in [6, 6.07) is 18.7. The number of furan rings is 1. The zero-order valence-corrected chi connectivity index (χ0v) is 19.3. The van der Waals surface area contributed by atoms with Gasteiger partial charge in [0.1, 0.15) is 17.3 Å². The van der Waals surface area contributed by atoms with Crippen molar-refractivity contribution in [3.63, 3.8) is 0 Å². The average molecular weight is 479 g/mol. The zero-order valence-electron chi connectivity index (χ0n) is 18.4. The third kappa shape index (κ3) is 5.52. The Hall–Kier alpha value is -3.91. The van der Waals surface area contributed by atoms with Crippen LogP contribution < -0.4 is 15.0 Å². The van der Waals surface area contributed by atoms with Crippen LogP contribution in [0.3, 0.4) is 0 Å². The van der Waals surface area contributed by atoms with Gasteiger partial charge in [-0.25, -0.2) is 4.39 Å². The number of ether oxygens (including phenoxy) is 1. The Kier molecular flexibility index (Phi) is 7.39. The Balaban J connectivity index is 1.64. The maximum absolute atomic E-state index is 13.6. The highest BCUT2D eigenvalue weighted by atomic mass is 32.1. The Morgan fingerprint density at radius 3 is 2.44 bits per heavy atom. The van der Waals surface area contributed by atoms with Gasteiger partial charge in [-0.2, -0.15) is 0 Å². The summed E-state index contributed by atoms with van der Waals surface area (Å²) in [5, 5.41) is 4.78. The van der Waals surface area contributed by atoms with Gasteiger partial charge >= 0.3 is 0 Å². The molecule has 0 aliphatic carbocycles. The first-order valence-corrected chi connectivity index (χ1v) is 11.5. The highest BCUT2D eigenvalue weighted by Crippen LogP contribution is 2.30. The van der Waals surface area contributed by atoms with E-state index in [1.54, 1.807) is 31.4 Å². The highest BCUT2D eigenvalue weighted by Gasteiger charge is 2.34. The molecule has 0 saturated heterocycles. The van der Waals surface area contributed by atoms with Crippen molar-refractivity contribution in [2.24, 2.45) is 0 Å². The van der Waals surface area contributed by atoms with Crippen LogP contribution in [0.25, 0.3) is 0 Å². The summed E-state index contributed by atoms with van der Waals surface area (Å²) in [5.74, 6) is -0.154. The summed E-state index contributed by atoms with van der Waals surface area (Å²) in [6.07, 6.45) is 1.55. The SMILES string of the molecule is COc1ccc(CNC(=O)[C@H](c2ccco2)N(C(=O)Cc2cccs2)c2ccc(F)cc2)cc1. The lowest BCUT2D eigenvalue weighted by atomic mass is 10.1. The minimum Gasteiger partial charge on any atom is -0.497 e. The second kappa shape index (κ2) is 10.8. The van der Waals surface area contributed by atoms with E-state index < -0.39 is 17.8 Å². The van der Waals surface area contributed by atoms with Crippen molar-refractivity contribution in [1.29, 1.82) is 0 Å². The van der Waals surface area contributed by atoms with Crippen LogP contribution in [0.15, 0.2) is 88.9 Å². The predicted molar refractivity (Wildman–Crippen MR) is 128 cm³/mol. The van der Waals surface area contributed by atoms with E-state index in [2.05, 4.69) is 5.32 Å². The Labute approximate surface area is 200 Å². The number of halogens is 1. The lowest BCUT2D eigenvalue weighted by Crippen LogP contribution is -2.44. The van der Waals surface area contributed by atoms with Crippen LogP contribution in [-0.2, 0) is 22.6 Å². The molecular formula is C26H23FN2O4S. The number of hydrogen-bond acceptors (Lipinski definition) is 5. The molecule has 174 valence electrons. The number of rotatable bonds is 9. The molecule has 0 radical (unpaired) electrons. The van der Waals surface area contributed by atoms with Crippen molar-refractivity contribution in [2.75, 3.05) is 12.0 Å². The van der Waals surface area contributed by atoms with Gasteiger partial charge in [0.2, 0.25) is 5.91 Å². The molecule has 2 amide bonds. The molecule has 8 heteroatoms. The molecule has 4 aromatic rings. The first-order valence-electron chi connectivity index (χ1n) is 10.6. The van der Waals surface area contributed by atoms with Gasteiger partial charge in [0.25, 0.3) is 5.91 Å². The number of anilines is 1. The Morgan fingerprint density at radius 1 is 1.06 bits per heavy atom. The molecule has 2 aromatic heterocycles. The quantitative estimate of drug-likeness (QED) is 0.362. The average Bonchev–Trinajstić information content (AvgIpc) is 3.56. The number of amides is 2. The second-order valence-electron chi connectivity index (χ2n) is 7.48. The maximum Gasteiger partial charge on any atom is 0.251 e. The molecule has 0 saturated carbocycles. The van der Waals surface area contributed by atoms with Crippen molar-refractivity contribution in [2.45, 2.75) is 19.0 Å². The van der Waals surface area contributed by atoms with Gasteiger partial charge in [-0.15, -0.1) is 11.3 Å². The third-order valence-electron chi connectivity index (χ3n) is 5.22. The lowest BCUT2D eigenvalue weighted by molar-refractivity contribution is -0.127. The molecule has 4 rings (SSSR count). The molecule has 0 bridgehead atoms. The summed E-state index contributed by atoms with van der Waals surface area (Å²) in [6.45, 7) is 0.246. The van der Waals surface area contributed by atoms with Crippen LogP contribution in [0.2, 0.25) is 0 Å². The smallest absolute Gasteiger partial charge is 0.251 e. The molecule has 1 N–H and O–H groups in total. The minimum atomic E-state index is -1.08. The number of carbonyl (C=O) groups excluding carboxylic acids is 2. The van der Waals surface area contributed by atoms with E-state index in [1.807, 2.05) is 29.6 Å². The molecule has 0 spiro atoms. The normalized spacial score (nSPS) is 11.6. The molecule has 2 aromatic carbocycles. The van der Waals surface area contributed by atoms with Crippen LogP contribution >= 0.6 is 11.3 Å². The van der Waals surface area contributed by atoms with Crippen LogP contribution in [-0.4, -0.2) is 18.9 Å². The van der Waals surface area contributed by atoms with E-state index in [-0.39, 0.29) is 18.9 Å². The largest absolute Gasteiger partial charge is 0.497 e. The summed E-state index contributed by atoms with van der Waals surface area (Å²) < 4.78 is 24.4. The van der Waals surface area contributed by atoms with E-state index in [9.17, 15) is 14.0 Å². The molecule has 6 nitrogen and oxygen atoms in total. The predicted octanol–water partition coefficient (Wildman–Crippen LogP) is 5.12. The standard InChI is InChI=1S/C26H23FN2O4S/c1-32-21-12-6-18(7-13-21)17-28-26(31)25(23-5-2-14-33-23)29(20-10-8-19(27)9-11-20)24(30)16-22-4-3-15-34-22/h2-15,25H,16-17H2,1H3,(H,28,31)/t25-/m0/s1. The molecule has 0 aliphatic rings. The third-order valence-corrected chi connectivity index (χ3v) is 6.10. The number of hydrogen-bond donors (Lipinski definition) is 1. The van der Waals surface area contributed by atoms with Gasteiger partial charge in [0.05, 0.1) is 19.8 Å². The van der Waals surface area contributed by atoms with Crippen LogP contribution in [0.1, 0.15) is 22.2 Å². The fourth-order valence-electron chi connectivity index (χ4n) is 3.54. The van der Waals surface area contributed by atoms with Crippen molar-refractivity contribution in [3.8, 4) is 5.75 Å². The summed E-state index contributed by atoms with van der Waals surface area (Å²) in [7, 11) is 1.59. The number of carbonyl (C=O) groups is 2. The Morgan fingerprint density at radius 2 is 1.82 bits per heavy atom. The highest BCUT2D eigenvalue weighted by molar-refractivity contribution is 7.10. The molecule has 0 fully saturated rings. The topological polar surface area (TPSA) is 71.8 Å². The van der Waals surface area contributed by atoms with Gasteiger partial charge in [0.15, 0.2) is 6.04 Å². The van der Waals surface area contributed by atoms with E-state index >= 15 is 0 Å². The second-order valence-corrected chi connectivity index (χ2v) is 8.51. The number of thiophene rings is 1. The molecular weight excluding hydrogens is 455 g/mol. The van der Waals surface area contributed by atoms with E-state index in [1.165, 1.54) is 46.8 Å². The van der Waals surface area contributed by atoms with Gasteiger partial charge in [-0.3, -0.25) is 14.5 Å². The first-order chi connectivity index (χ1) is 16.5.